The highest BCUT2D eigenvalue weighted by Crippen LogP contribution is 2.31. The molecule has 0 fully saturated rings. The van der Waals surface area contributed by atoms with E-state index in [0.717, 1.165) is 23.1 Å². The van der Waals surface area contributed by atoms with E-state index in [2.05, 4.69) is 9.97 Å². The fourth-order valence-electron chi connectivity index (χ4n) is 3.16. The van der Waals surface area contributed by atoms with E-state index in [1.54, 1.807) is 25.3 Å². The molecular weight excluding hydrogens is 352 g/mol. The third-order valence-electron chi connectivity index (χ3n) is 4.48. The Balaban J connectivity index is 1.88. The van der Waals surface area contributed by atoms with Crippen LogP contribution in [0.3, 0.4) is 0 Å². The zero-order chi connectivity index (χ0) is 19.5. The molecule has 6 heteroatoms. The Labute approximate surface area is 162 Å². The van der Waals surface area contributed by atoms with Crippen LogP contribution in [0, 0.1) is 0 Å². The number of nitrogen functional groups attached to an aromatic ring is 1. The van der Waals surface area contributed by atoms with Gasteiger partial charge in [-0.15, -0.1) is 0 Å². The average Bonchev–Trinajstić information content (AvgIpc) is 2.73. The normalized spacial score (nSPS) is 10.8. The number of hydrogen-bond acceptors (Lipinski definition) is 6. The van der Waals surface area contributed by atoms with Crippen LogP contribution in [-0.4, -0.2) is 28.3 Å². The van der Waals surface area contributed by atoms with Crippen molar-refractivity contribution in [1.82, 2.24) is 15.0 Å². The Bertz CT molecular complexity index is 1160. The number of nitrogens with two attached hydrogens (primary N) is 1. The third kappa shape index (κ3) is 3.40. The predicted octanol–water partition coefficient (Wildman–Crippen LogP) is 3.69. The van der Waals surface area contributed by atoms with Gasteiger partial charge in [0.15, 0.2) is 0 Å². The molecule has 0 bridgehead atoms. The second-order valence-corrected chi connectivity index (χ2v) is 6.33. The van der Waals surface area contributed by atoms with E-state index >= 15 is 0 Å². The summed E-state index contributed by atoms with van der Waals surface area (Å²) in [6.45, 7) is 0. The predicted molar refractivity (Wildman–Crippen MR) is 108 cm³/mol. The van der Waals surface area contributed by atoms with Gasteiger partial charge in [-0.3, -0.25) is 4.79 Å². The molecule has 4 aromatic rings. The van der Waals surface area contributed by atoms with Crippen LogP contribution < -0.4 is 10.5 Å². The summed E-state index contributed by atoms with van der Waals surface area (Å²) >= 11 is 0. The van der Waals surface area contributed by atoms with Crippen LogP contribution in [0.25, 0.3) is 22.3 Å². The van der Waals surface area contributed by atoms with Crippen LogP contribution in [0.5, 0.6) is 5.75 Å². The fourth-order valence-corrected chi connectivity index (χ4v) is 3.16. The SMILES string of the molecule is COc1ccc(C=O)cc1-c1ccc2nc(N)nc(Cc3ccccc3)c2n1. The topological polar surface area (TPSA) is 91.0 Å². The number of fused-ring (bicyclic) bond motifs is 1. The third-order valence-corrected chi connectivity index (χ3v) is 4.48. The van der Waals surface area contributed by atoms with E-state index < -0.39 is 0 Å². The number of carbonyl (C=O) groups is 1. The number of anilines is 1. The van der Waals surface area contributed by atoms with Crippen molar-refractivity contribution in [3.63, 3.8) is 0 Å². The molecule has 0 aliphatic rings. The molecule has 138 valence electrons. The van der Waals surface area contributed by atoms with Gasteiger partial charge in [0, 0.05) is 17.5 Å². The van der Waals surface area contributed by atoms with Crippen molar-refractivity contribution in [1.29, 1.82) is 0 Å². The molecule has 0 saturated carbocycles. The maximum absolute atomic E-state index is 11.2. The zero-order valence-corrected chi connectivity index (χ0v) is 15.3. The van der Waals surface area contributed by atoms with Gasteiger partial charge >= 0.3 is 0 Å². The molecule has 0 unspecified atom stereocenters. The van der Waals surface area contributed by atoms with Crippen molar-refractivity contribution >= 4 is 23.3 Å². The highest BCUT2D eigenvalue weighted by Gasteiger charge is 2.13. The van der Waals surface area contributed by atoms with Gasteiger partial charge in [0.2, 0.25) is 5.95 Å². The second-order valence-electron chi connectivity index (χ2n) is 6.33. The standard InChI is InChI=1S/C22H18N4O2/c1-28-20-10-7-15(13-27)11-16(20)17-8-9-18-21(24-17)19(26-22(23)25-18)12-14-5-3-2-4-6-14/h2-11,13H,12H2,1H3,(H2,23,25,26). The van der Waals surface area contributed by atoms with Crippen LogP contribution in [0.15, 0.2) is 60.7 Å². The molecule has 6 nitrogen and oxygen atoms in total. The van der Waals surface area contributed by atoms with Crippen molar-refractivity contribution in [2.45, 2.75) is 6.42 Å². The van der Waals surface area contributed by atoms with Crippen LogP contribution in [-0.2, 0) is 6.42 Å². The lowest BCUT2D eigenvalue weighted by molar-refractivity contribution is 0.112. The Hall–Kier alpha value is -3.80. The highest BCUT2D eigenvalue weighted by molar-refractivity contribution is 5.84. The Morgan fingerprint density at radius 2 is 1.82 bits per heavy atom. The maximum Gasteiger partial charge on any atom is 0.220 e. The summed E-state index contributed by atoms with van der Waals surface area (Å²) in [6, 6.07) is 18.9. The second kappa shape index (κ2) is 7.44. The highest BCUT2D eigenvalue weighted by atomic mass is 16.5. The minimum absolute atomic E-state index is 0.216. The first-order valence-electron chi connectivity index (χ1n) is 8.78. The summed E-state index contributed by atoms with van der Waals surface area (Å²) in [5.74, 6) is 0.854. The summed E-state index contributed by atoms with van der Waals surface area (Å²) in [5.41, 5.74) is 11.1. The number of ether oxygens (including phenoxy) is 1. The largest absolute Gasteiger partial charge is 0.496 e. The number of rotatable bonds is 5. The Morgan fingerprint density at radius 1 is 1.00 bits per heavy atom. The molecular formula is C22H18N4O2. The number of hydrogen-bond donors (Lipinski definition) is 1. The summed E-state index contributed by atoms with van der Waals surface area (Å²) < 4.78 is 5.45. The number of aromatic nitrogens is 3. The van der Waals surface area contributed by atoms with Gasteiger partial charge in [0.05, 0.1) is 24.0 Å². The van der Waals surface area contributed by atoms with Crippen LogP contribution >= 0.6 is 0 Å². The molecule has 0 saturated heterocycles. The molecule has 0 aliphatic heterocycles. The number of nitrogens with zero attached hydrogens (tertiary/aromatic N) is 3. The molecule has 2 heterocycles. The fraction of sp³-hybridized carbons (Fsp3) is 0.0909. The lowest BCUT2D eigenvalue weighted by atomic mass is 10.0. The van der Waals surface area contributed by atoms with E-state index in [9.17, 15) is 4.79 Å². The maximum atomic E-state index is 11.2. The first-order valence-corrected chi connectivity index (χ1v) is 8.78. The number of methoxy groups -OCH3 is 1. The van der Waals surface area contributed by atoms with E-state index in [1.807, 2.05) is 42.5 Å². The molecule has 2 N–H and O–H groups in total. The van der Waals surface area contributed by atoms with Gasteiger partial charge in [-0.05, 0) is 35.9 Å². The van der Waals surface area contributed by atoms with Crippen molar-refractivity contribution in [3.8, 4) is 17.0 Å². The lowest BCUT2D eigenvalue weighted by Gasteiger charge is -2.11. The van der Waals surface area contributed by atoms with Crippen molar-refractivity contribution < 1.29 is 9.53 Å². The Kier molecular flexibility index (Phi) is 4.68. The summed E-state index contributed by atoms with van der Waals surface area (Å²) in [5, 5.41) is 0. The first-order chi connectivity index (χ1) is 13.7. The van der Waals surface area contributed by atoms with Gasteiger partial charge in [-0.25, -0.2) is 15.0 Å². The van der Waals surface area contributed by atoms with Gasteiger partial charge < -0.3 is 10.5 Å². The van der Waals surface area contributed by atoms with Gasteiger partial charge in [0.1, 0.15) is 17.6 Å². The molecule has 28 heavy (non-hydrogen) atoms. The molecule has 0 spiro atoms. The van der Waals surface area contributed by atoms with E-state index in [-0.39, 0.29) is 5.95 Å². The summed E-state index contributed by atoms with van der Waals surface area (Å²) in [7, 11) is 1.59. The molecule has 2 aromatic carbocycles. The van der Waals surface area contributed by atoms with E-state index in [1.165, 1.54) is 0 Å². The molecule has 0 aliphatic carbocycles. The van der Waals surface area contributed by atoms with Crippen LogP contribution in [0.1, 0.15) is 21.6 Å². The summed E-state index contributed by atoms with van der Waals surface area (Å²) in [6.07, 6.45) is 1.39. The molecule has 4 rings (SSSR count). The monoisotopic (exact) mass is 370 g/mol. The average molecular weight is 370 g/mol. The van der Waals surface area contributed by atoms with Crippen molar-refractivity contribution in [2.75, 3.05) is 12.8 Å². The number of carbonyl (C=O) groups excluding carboxylic acids is 1. The number of benzene rings is 2. The zero-order valence-electron chi connectivity index (χ0n) is 15.3. The molecule has 0 amide bonds. The molecule has 0 atom stereocenters. The van der Waals surface area contributed by atoms with Crippen molar-refractivity contribution in [2.24, 2.45) is 0 Å². The smallest absolute Gasteiger partial charge is 0.220 e. The van der Waals surface area contributed by atoms with Crippen LogP contribution in [0.2, 0.25) is 0 Å². The summed E-state index contributed by atoms with van der Waals surface area (Å²) in [4.78, 5) is 24.7. The lowest BCUT2D eigenvalue weighted by Crippen LogP contribution is -2.03. The van der Waals surface area contributed by atoms with E-state index in [0.29, 0.717) is 34.5 Å². The minimum atomic E-state index is 0.216. The van der Waals surface area contributed by atoms with E-state index in [4.69, 9.17) is 15.5 Å². The van der Waals surface area contributed by atoms with Gasteiger partial charge in [0.25, 0.3) is 0 Å². The van der Waals surface area contributed by atoms with Crippen molar-refractivity contribution in [3.05, 3.63) is 77.5 Å². The van der Waals surface area contributed by atoms with Gasteiger partial charge in [-0.1, -0.05) is 30.3 Å². The quantitative estimate of drug-likeness (QED) is 0.539. The van der Waals surface area contributed by atoms with Crippen LogP contribution in [0.4, 0.5) is 5.95 Å². The Morgan fingerprint density at radius 3 is 2.57 bits per heavy atom. The number of pyridine rings is 1. The molecule has 0 radical (unpaired) electrons. The first kappa shape index (κ1) is 17.6. The van der Waals surface area contributed by atoms with Gasteiger partial charge in [-0.2, -0.15) is 0 Å². The minimum Gasteiger partial charge on any atom is -0.496 e. The number of aldehydes is 1. The molecule has 2 aromatic heterocycles.